The summed E-state index contributed by atoms with van der Waals surface area (Å²) in [6, 6.07) is 7.16. The minimum Gasteiger partial charge on any atom is -0.358 e. The van der Waals surface area contributed by atoms with Gasteiger partial charge in [0.15, 0.2) is 0 Å². The molecule has 0 aliphatic carbocycles. The van der Waals surface area contributed by atoms with E-state index >= 15 is 0 Å². The second kappa shape index (κ2) is 7.31. The summed E-state index contributed by atoms with van der Waals surface area (Å²) in [4.78, 5) is 23.1. The van der Waals surface area contributed by atoms with Crippen molar-refractivity contribution in [3.63, 3.8) is 0 Å². The molecule has 1 amide bonds. The van der Waals surface area contributed by atoms with Crippen LogP contribution in [0.5, 0.6) is 0 Å². The molecule has 2 rings (SSSR count). The second-order valence-corrected chi connectivity index (χ2v) is 4.07. The summed E-state index contributed by atoms with van der Waals surface area (Å²) in [6.07, 6.45) is 2.83. The third-order valence-electron chi connectivity index (χ3n) is 2.33. The molecule has 0 atom stereocenters. The first-order valence-electron chi connectivity index (χ1n) is 6.29. The van der Waals surface area contributed by atoms with Gasteiger partial charge in [0.2, 0.25) is 5.91 Å². The van der Waals surface area contributed by atoms with Crippen molar-refractivity contribution in [1.82, 2.24) is 15.1 Å². The van der Waals surface area contributed by atoms with E-state index in [1.54, 1.807) is 18.3 Å². The first kappa shape index (κ1) is 14.9. The predicted octanol–water partition coefficient (Wildman–Crippen LogP) is 1.80. The number of amides is 1. The molecule has 5 nitrogen and oxygen atoms in total. The number of nitrogens with one attached hydrogen (secondary N) is 1. The van der Waals surface area contributed by atoms with E-state index in [-0.39, 0.29) is 19.4 Å². The fourth-order valence-corrected chi connectivity index (χ4v) is 1.46. The molecule has 0 aliphatic rings. The standard InChI is InChI=1S/C11H11N3O2.C3H8.H2/c1-12-10(15)7-14-11(16)9-5-3-2-4-8(9)6-13-14;1-3-2;/h2-6H,7H2,1H3,(H,12,15);3H2,1-2H3;1H. The summed E-state index contributed by atoms with van der Waals surface area (Å²) in [5.41, 5.74) is -0.248. The third-order valence-corrected chi connectivity index (χ3v) is 2.33. The van der Waals surface area contributed by atoms with E-state index in [1.807, 2.05) is 12.1 Å². The van der Waals surface area contributed by atoms with Gasteiger partial charge in [-0.15, -0.1) is 0 Å². The average molecular weight is 263 g/mol. The fourth-order valence-electron chi connectivity index (χ4n) is 1.46. The van der Waals surface area contributed by atoms with Crippen molar-refractivity contribution in [2.45, 2.75) is 26.8 Å². The molecule has 0 radical (unpaired) electrons. The normalized spacial score (nSPS) is 9.63. The monoisotopic (exact) mass is 263 g/mol. The summed E-state index contributed by atoms with van der Waals surface area (Å²) in [6.45, 7) is 4.19. The van der Waals surface area contributed by atoms with Crippen LogP contribution in [-0.4, -0.2) is 22.7 Å². The van der Waals surface area contributed by atoms with Gasteiger partial charge in [-0.25, -0.2) is 4.68 Å². The van der Waals surface area contributed by atoms with Crippen LogP contribution in [0.15, 0.2) is 35.3 Å². The molecule has 1 aromatic carbocycles. The van der Waals surface area contributed by atoms with Crippen LogP contribution < -0.4 is 10.9 Å². The molecule has 5 heteroatoms. The number of aromatic nitrogens is 2. The van der Waals surface area contributed by atoms with E-state index in [9.17, 15) is 9.59 Å². The van der Waals surface area contributed by atoms with Gasteiger partial charge in [-0.3, -0.25) is 9.59 Å². The second-order valence-electron chi connectivity index (χ2n) is 4.07. The Hall–Kier alpha value is -2.17. The van der Waals surface area contributed by atoms with Crippen LogP contribution in [0.3, 0.4) is 0 Å². The summed E-state index contributed by atoms with van der Waals surface area (Å²) in [5, 5.41) is 7.74. The largest absolute Gasteiger partial charge is 0.358 e. The molecule has 0 bridgehead atoms. The van der Waals surface area contributed by atoms with E-state index in [0.29, 0.717) is 5.39 Å². The van der Waals surface area contributed by atoms with Crippen molar-refractivity contribution >= 4 is 16.7 Å². The molecule has 0 saturated carbocycles. The number of hydrogen-bond acceptors (Lipinski definition) is 3. The van der Waals surface area contributed by atoms with Gasteiger partial charge < -0.3 is 5.32 Å². The van der Waals surface area contributed by atoms with E-state index in [4.69, 9.17) is 0 Å². The van der Waals surface area contributed by atoms with Crippen LogP contribution in [-0.2, 0) is 11.3 Å². The minimum absolute atomic E-state index is 0. The molecule has 0 fully saturated rings. The lowest BCUT2D eigenvalue weighted by atomic mass is 10.2. The molecule has 1 aromatic heterocycles. The Balaban J connectivity index is 0.000000830. The maximum atomic E-state index is 11.9. The smallest absolute Gasteiger partial charge is 0.275 e. The third kappa shape index (κ3) is 3.91. The van der Waals surface area contributed by atoms with Crippen LogP contribution in [0.1, 0.15) is 21.7 Å². The Kier molecular flexibility index (Phi) is 5.73. The zero-order chi connectivity index (χ0) is 14.3. The van der Waals surface area contributed by atoms with Gasteiger partial charge in [0.25, 0.3) is 5.56 Å². The van der Waals surface area contributed by atoms with Gasteiger partial charge in [-0.2, -0.15) is 5.10 Å². The molecular weight excluding hydrogens is 242 g/mol. The zero-order valence-corrected chi connectivity index (χ0v) is 11.5. The summed E-state index contributed by atoms with van der Waals surface area (Å²) < 4.78 is 1.15. The average Bonchev–Trinajstić information content (AvgIpc) is 2.43. The Labute approximate surface area is 113 Å². The summed E-state index contributed by atoms with van der Waals surface area (Å²) >= 11 is 0. The first-order chi connectivity index (χ1) is 9.13. The van der Waals surface area contributed by atoms with Crippen LogP contribution >= 0.6 is 0 Å². The Morgan fingerprint density at radius 2 is 2.00 bits per heavy atom. The SMILES string of the molecule is CCC.CNC(=O)Cn1ncc2ccccc2c1=O.[HH]. The Morgan fingerprint density at radius 3 is 2.63 bits per heavy atom. The predicted molar refractivity (Wildman–Crippen MR) is 78.1 cm³/mol. The molecule has 19 heavy (non-hydrogen) atoms. The fraction of sp³-hybridized carbons (Fsp3) is 0.357. The van der Waals surface area contributed by atoms with Crippen molar-refractivity contribution in [3.8, 4) is 0 Å². The van der Waals surface area contributed by atoms with Gasteiger partial charge in [-0.05, 0) is 6.07 Å². The van der Waals surface area contributed by atoms with Crippen molar-refractivity contribution in [2.24, 2.45) is 0 Å². The molecule has 1 N–H and O–H groups in total. The van der Waals surface area contributed by atoms with Gasteiger partial charge >= 0.3 is 0 Å². The highest BCUT2D eigenvalue weighted by Gasteiger charge is 2.06. The number of rotatable bonds is 2. The molecule has 104 valence electrons. The van der Waals surface area contributed by atoms with Gasteiger partial charge in [-0.1, -0.05) is 38.5 Å². The highest BCUT2D eigenvalue weighted by molar-refractivity contribution is 5.81. The Morgan fingerprint density at radius 1 is 1.37 bits per heavy atom. The van der Waals surface area contributed by atoms with E-state index in [1.165, 1.54) is 13.5 Å². The molecular formula is C14H21N3O2. The van der Waals surface area contributed by atoms with Crippen molar-refractivity contribution in [3.05, 3.63) is 40.8 Å². The quantitative estimate of drug-likeness (QED) is 0.898. The van der Waals surface area contributed by atoms with Gasteiger partial charge in [0.05, 0.1) is 11.6 Å². The number of nitrogens with zero attached hydrogens (tertiary/aromatic N) is 2. The van der Waals surface area contributed by atoms with Gasteiger partial charge in [0.1, 0.15) is 6.54 Å². The molecule has 1 heterocycles. The topological polar surface area (TPSA) is 64.0 Å². The lowest BCUT2D eigenvalue weighted by Crippen LogP contribution is -2.31. The highest BCUT2D eigenvalue weighted by Crippen LogP contribution is 2.05. The lowest BCUT2D eigenvalue weighted by molar-refractivity contribution is -0.121. The van der Waals surface area contributed by atoms with E-state index < -0.39 is 0 Å². The van der Waals surface area contributed by atoms with Crippen molar-refractivity contribution in [1.29, 1.82) is 0 Å². The highest BCUT2D eigenvalue weighted by atomic mass is 16.2. The van der Waals surface area contributed by atoms with E-state index in [2.05, 4.69) is 24.3 Å². The first-order valence-corrected chi connectivity index (χ1v) is 6.29. The van der Waals surface area contributed by atoms with Crippen molar-refractivity contribution in [2.75, 3.05) is 7.05 Å². The number of fused-ring (bicyclic) bond motifs is 1. The maximum Gasteiger partial charge on any atom is 0.275 e. The van der Waals surface area contributed by atoms with Crippen LogP contribution in [0.4, 0.5) is 0 Å². The summed E-state index contributed by atoms with van der Waals surface area (Å²) in [5.74, 6) is -0.245. The molecule has 0 saturated heterocycles. The maximum absolute atomic E-state index is 11.9. The number of carbonyl (C=O) groups excluding carboxylic acids is 1. The van der Waals surface area contributed by atoms with Crippen LogP contribution in [0, 0.1) is 0 Å². The van der Waals surface area contributed by atoms with Crippen molar-refractivity contribution < 1.29 is 6.22 Å². The molecule has 0 unspecified atom stereocenters. The number of hydrogen-bond donors (Lipinski definition) is 1. The molecule has 0 aliphatic heterocycles. The number of carbonyl (C=O) groups is 1. The number of likely N-dealkylation sites (N-methyl/N-ethyl adjacent to an activating group) is 1. The van der Waals surface area contributed by atoms with E-state index in [0.717, 1.165) is 10.1 Å². The number of benzene rings is 1. The zero-order valence-electron chi connectivity index (χ0n) is 11.5. The molecule has 0 spiro atoms. The minimum atomic E-state index is -0.248. The Bertz CT molecular complexity index is 611. The summed E-state index contributed by atoms with van der Waals surface area (Å²) in [7, 11) is 1.52. The lowest BCUT2D eigenvalue weighted by Gasteiger charge is -2.04. The van der Waals surface area contributed by atoms with Gasteiger partial charge in [0, 0.05) is 13.9 Å². The van der Waals surface area contributed by atoms with Crippen LogP contribution in [0.2, 0.25) is 0 Å². The molecule has 2 aromatic rings. The van der Waals surface area contributed by atoms with Crippen LogP contribution in [0.25, 0.3) is 10.8 Å².